The van der Waals surface area contributed by atoms with E-state index in [0.29, 0.717) is 6.61 Å². The van der Waals surface area contributed by atoms with Crippen molar-refractivity contribution < 1.29 is 4.74 Å². The van der Waals surface area contributed by atoms with E-state index < -0.39 is 0 Å². The Balaban J connectivity index is 2.02. The highest BCUT2D eigenvalue weighted by Gasteiger charge is 2.29. The normalized spacial score (nSPS) is 18.4. The molecule has 3 rings (SSSR count). The quantitative estimate of drug-likeness (QED) is 0.925. The monoisotopic (exact) mass is 275 g/mol. The average molecular weight is 275 g/mol. The topological polar surface area (TPSA) is 54.7 Å². The summed E-state index contributed by atoms with van der Waals surface area (Å²) in [5.41, 5.74) is 0.738. The molecule has 108 valence electrons. The number of ether oxygens (including phenoxy) is 1. The summed E-state index contributed by atoms with van der Waals surface area (Å²) in [5.74, 6) is 1.79. The molecule has 3 heterocycles. The Hall–Kier alpha value is -1.82. The molecule has 0 amide bonds. The third-order valence-corrected chi connectivity index (χ3v) is 3.44. The van der Waals surface area contributed by atoms with Crippen molar-refractivity contribution in [3.8, 4) is 0 Å². The summed E-state index contributed by atoms with van der Waals surface area (Å²) in [7, 11) is 0. The zero-order valence-electron chi connectivity index (χ0n) is 12.3. The first-order valence-corrected chi connectivity index (χ1v) is 7.05. The summed E-state index contributed by atoms with van der Waals surface area (Å²) in [5, 5.41) is 3.27. The molecular weight excluding hydrogens is 254 g/mol. The Morgan fingerprint density at radius 2 is 2.30 bits per heavy atom. The lowest BCUT2D eigenvalue weighted by Gasteiger charge is -2.38. The van der Waals surface area contributed by atoms with Crippen molar-refractivity contribution in [1.82, 2.24) is 14.4 Å². The largest absolute Gasteiger partial charge is 0.372 e. The number of hydrogen-bond donors (Lipinski definition) is 1. The predicted molar refractivity (Wildman–Crippen MR) is 79.4 cm³/mol. The molecule has 2 aromatic rings. The average Bonchev–Trinajstić information content (AvgIpc) is 2.85. The second kappa shape index (κ2) is 4.94. The van der Waals surface area contributed by atoms with Gasteiger partial charge in [0.05, 0.1) is 18.4 Å². The van der Waals surface area contributed by atoms with Gasteiger partial charge >= 0.3 is 0 Å². The summed E-state index contributed by atoms with van der Waals surface area (Å²) in [4.78, 5) is 11.4. The van der Waals surface area contributed by atoms with Crippen molar-refractivity contribution in [2.75, 3.05) is 36.5 Å². The number of imidazole rings is 1. The maximum atomic E-state index is 5.78. The molecule has 0 spiro atoms. The van der Waals surface area contributed by atoms with Crippen LogP contribution in [0.1, 0.15) is 20.8 Å². The summed E-state index contributed by atoms with van der Waals surface area (Å²) >= 11 is 0. The molecular formula is C14H21N5O. The van der Waals surface area contributed by atoms with E-state index in [0.717, 1.165) is 36.9 Å². The molecule has 0 atom stereocenters. The SMILES string of the molecule is CCNc1cn2ccnc2c(N2CCOC(C)(C)C2)n1. The summed E-state index contributed by atoms with van der Waals surface area (Å²) in [6, 6.07) is 0. The molecule has 1 aliphatic heterocycles. The number of nitrogens with one attached hydrogen (secondary N) is 1. The van der Waals surface area contributed by atoms with Crippen LogP contribution in [0, 0.1) is 0 Å². The van der Waals surface area contributed by atoms with Gasteiger partial charge in [-0.05, 0) is 20.8 Å². The van der Waals surface area contributed by atoms with Crippen molar-refractivity contribution in [3.63, 3.8) is 0 Å². The van der Waals surface area contributed by atoms with Gasteiger partial charge in [0.2, 0.25) is 0 Å². The first-order chi connectivity index (χ1) is 9.59. The van der Waals surface area contributed by atoms with E-state index in [1.165, 1.54) is 0 Å². The number of rotatable bonds is 3. The molecule has 1 saturated heterocycles. The van der Waals surface area contributed by atoms with Crippen LogP contribution in [0.25, 0.3) is 5.65 Å². The Labute approximate surface area is 118 Å². The molecule has 0 aromatic carbocycles. The third-order valence-electron chi connectivity index (χ3n) is 3.44. The molecule has 2 aromatic heterocycles. The Kier molecular flexibility index (Phi) is 3.25. The van der Waals surface area contributed by atoms with Gasteiger partial charge < -0.3 is 19.4 Å². The van der Waals surface area contributed by atoms with Gasteiger partial charge in [0.1, 0.15) is 5.82 Å². The van der Waals surface area contributed by atoms with Gasteiger partial charge in [-0.15, -0.1) is 0 Å². The van der Waals surface area contributed by atoms with Crippen LogP contribution < -0.4 is 10.2 Å². The standard InChI is InChI=1S/C14H21N5O/c1-4-15-11-9-18-6-5-16-12(18)13(17-11)19-7-8-20-14(2,3)10-19/h5-6,9,15H,4,7-8,10H2,1-3H3. The van der Waals surface area contributed by atoms with Crippen molar-refractivity contribution in [1.29, 1.82) is 0 Å². The molecule has 20 heavy (non-hydrogen) atoms. The van der Waals surface area contributed by atoms with Gasteiger partial charge in [0.25, 0.3) is 0 Å². The molecule has 6 nitrogen and oxygen atoms in total. The maximum absolute atomic E-state index is 5.78. The summed E-state index contributed by atoms with van der Waals surface area (Å²) in [6.07, 6.45) is 5.73. The Bertz CT molecular complexity index is 607. The Morgan fingerprint density at radius 3 is 3.05 bits per heavy atom. The van der Waals surface area contributed by atoms with Crippen LogP contribution in [-0.2, 0) is 4.74 Å². The molecule has 0 unspecified atom stereocenters. The fraction of sp³-hybridized carbons (Fsp3) is 0.571. The molecule has 0 saturated carbocycles. The zero-order valence-corrected chi connectivity index (χ0v) is 12.3. The van der Waals surface area contributed by atoms with Crippen molar-refractivity contribution in [2.24, 2.45) is 0 Å². The minimum absolute atomic E-state index is 0.155. The van der Waals surface area contributed by atoms with Crippen molar-refractivity contribution >= 4 is 17.3 Å². The van der Waals surface area contributed by atoms with Crippen LogP contribution >= 0.6 is 0 Å². The zero-order chi connectivity index (χ0) is 14.2. The van der Waals surface area contributed by atoms with Crippen molar-refractivity contribution in [3.05, 3.63) is 18.6 Å². The second-order valence-electron chi connectivity index (χ2n) is 5.67. The lowest BCUT2D eigenvalue weighted by atomic mass is 10.1. The molecule has 0 bridgehead atoms. The van der Waals surface area contributed by atoms with E-state index in [1.807, 2.05) is 23.0 Å². The van der Waals surface area contributed by atoms with Gasteiger partial charge in [-0.3, -0.25) is 0 Å². The van der Waals surface area contributed by atoms with Gasteiger partial charge in [-0.25, -0.2) is 9.97 Å². The third kappa shape index (κ3) is 2.43. The van der Waals surface area contributed by atoms with Crippen LogP contribution in [0.15, 0.2) is 18.6 Å². The second-order valence-corrected chi connectivity index (χ2v) is 5.67. The molecule has 0 radical (unpaired) electrons. The minimum Gasteiger partial charge on any atom is -0.372 e. The number of nitrogens with zero attached hydrogens (tertiary/aromatic N) is 4. The molecule has 1 aliphatic rings. The molecule has 1 N–H and O–H groups in total. The molecule has 0 aliphatic carbocycles. The smallest absolute Gasteiger partial charge is 0.180 e. The summed E-state index contributed by atoms with van der Waals surface area (Å²) in [6.45, 7) is 9.50. The van der Waals surface area contributed by atoms with Gasteiger partial charge in [-0.1, -0.05) is 0 Å². The fourth-order valence-electron chi connectivity index (χ4n) is 2.59. The van der Waals surface area contributed by atoms with Crippen LogP contribution in [0.2, 0.25) is 0 Å². The highest BCUT2D eigenvalue weighted by Crippen LogP contribution is 2.25. The van der Waals surface area contributed by atoms with E-state index in [1.54, 1.807) is 0 Å². The van der Waals surface area contributed by atoms with Crippen LogP contribution in [0.5, 0.6) is 0 Å². The van der Waals surface area contributed by atoms with Gasteiger partial charge in [0.15, 0.2) is 11.5 Å². The van der Waals surface area contributed by atoms with Gasteiger partial charge in [0, 0.05) is 32.0 Å². The predicted octanol–water partition coefficient (Wildman–Crippen LogP) is 1.78. The first kappa shape index (κ1) is 13.2. The minimum atomic E-state index is -0.155. The highest BCUT2D eigenvalue weighted by atomic mass is 16.5. The Morgan fingerprint density at radius 1 is 1.45 bits per heavy atom. The van der Waals surface area contributed by atoms with E-state index in [4.69, 9.17) is 9.72 Å². The van der Waals surface area contributed by atoms with E-state index >= 15 is 0 Å². The first-order valence-electron chi connectivity index (χ1n) is 7.05. The van der Waals surface area contributed by atoms with Crippen LogP contribution in [0.3, 0.4) is 0 Å². The number of aromatic nitrogens is 3. The highest BCUT2D eigenvalue weighted by molar-refractivity contribution is 5.67. The lowest BCUT2D eigenvalue weighted by molar-refractivity contribution is -0.0278. The number of anilines is 2. The number of fused-ring (bicyclic) bond motifs is 1. The number of hydrogen-bond acceptors (Lipinski definition) is 5. The van der Waals surface area contributed by atoms with Crippen LogP contribution in [-0.4, -0.2) is 46.2 Å². The van der Waals surface area contributed by atoms with Crippen molar-refractivity contribution in [2.45, 2.75) is 26.4 Å². The number of morpholine rings is 1. The summed E-state index contributed by atoms with van der Waals surface area (Å²) < 4.78 is 7.79. The van der Waals surface area contributed by atoms with E-state index in [9.17, 15) is 0 Å². The van der Waals surface area contributed by atoms with E-state index in [2.05, 4.69) is 36.0 Å². The van der Waals surface area contributed by atoms with Gasteiger partial charge in [-0.2, -0.15) is 0 Å². The fourth-order valence-corrected chi connectivity index (χ4v) is 2.59. The molecule has 1 fully saturated rings. The van der Waals surface area contributed by atoms with Crippen LogP contribution in [0.4, 0.5) is 11.6 Å². The maximum Gasteiger partial charge on any atom is 0.180 e. The van der Waals surface area contributed by atoms with E-state index in [-0.39, 0.29) is 5.60 Å². The lowest BCUT2D eigenvalue weighted by Crippen LogP contribution is -2.48. The molecule has 6 heteroatoms.